The summed E-state index contributed by atoms with van der Waals surface area (Å²) in [5.74, 6) is 1.36. The summed E-state index contributed by atoms with van der Waals surface area (Å²) in [5, 5.41) is 4.51. The van der Waals surface area contributed by atoms with Crippen molar-refractivity contribution >= 4 is 11.8 Å². The van der Waals surface area contributed by atoms with Crippen LogP contribution >= 0.6 is 11.8 Å². The summed E-state index contributed by atoms with van der Waals surface area (Å²) < 4.78 is 5.54. The second kappa shape index (κ2) is 5.38. The van der Waals surface area contributed by atoms with Gasteiger partial charge in [-0.25, -0.2) is 0 Å². The van der Waals surface area contributed by atoms with Crippen LogP contribution in [0.5, 0.6) is 0 Å². The Labute approximate surface area is 91.2 Å². The van der Waals surface area contributed by atoms with Gasteiger partial charge in [-0.15, -0.1) is 0 Å². The molecule has 2 heterocycles. The van der Waals surface area contributed by atoms with E-state index in [2.05, 4.69) is 24.0 Å². The highest BCUT2D eigenvalue weighted by Crippen LogP contribution is 2.24. The predicted octanol–water partition coefficient (Wildman–Crippen LogP) is 2.04. The minimum absolute atomic E-state index is 0.420. The lowest BCUT2D eigenvalue weighted by Gasteiger charge is -2.24. The van der Waals surface area contributed by atoms with Gasteiger partial charge in [0.15, 0.2) is 0 Å². The molecule has 0 bridgehead atoms. The molecule has 0 aromatic rings. The smallest absolute Gasteiger partial charge is 0.0700 e. The number of thioether (sulfide) groups is 1. The Hall–Kier alpha value is 0.270. The summed E-state index contributed by atoms with van der Waals surface area (Å²) in [5.41, 5.74) is 0. The minimum atomic E-state index is 0.420. The fourth-order valence-electron chi connectivity index (χ4n) is 2.25. The van der Waals surface area contributed by atoms with Gasteiger partial charge >= 0.3 is 0 Å². The molecule has 2 nitrogen and oxygen atoms in total. The van der Waals surface area contributed by atoms with E-state index in [4.69, 9.17) is 4.74 Å². The summed E-state index contributed by atoms with van der Waals surface area (Å²) in [7, 11) is 0. The number of hydrogen-bond acceptors (Lipinski definition) is 3. The molecule has 2 rings (SSSR count). The average Bonchev–Trinajstić information content (AvgIpc) is 2.63. The molecular formula is C11H21NOS. The molecule has 0 amide bonds. The number of rotatable bonds is 3. The van der Waals surface area contributed by atoms with E-state index in [1.54, 1.807) is 0 Å². The van der Waals surface area contributed by atoms with Crippen LogP contribution in [0, 0.1) is 0 Å². The highest BCUT2D eigenvalue weighted by Gasteiger charge is 2.24. The first-order valence-corrected chi connectivity index (χ1v) is 6.88. The summed E-state index contributed by atoms with van der Waals surface area (Å²) in [4.78, 5) is 0. The fraction of sp³-hybridized carbons (Fsp3) is 1.00. The van der Waals surface area contributed by atoms with E-state index in [-0.39, 0.29) is 0 Å². The molecule has 2 saturated heterocycles. The Balaban J connectivity index is 1.65. The molecule has 0 saturated carbocycles. The summed E-state index contributed by atoms with van der Waals surface area (Å²) in [6.07, 6.45) is 5.86. The Kier molecular flexibility index (Phi) is 4.14. The Morgan fingerprint density at radius 2 is 2.29 bits per heavy atom. The lowest BCUT2D eigenvalue weighted by atomic mass is 10.1. The molecule has 2 aliphatic heterocycles. The van der Waals surface area contributed by atoms with Gasteiger partial charge in [0.1, 0.15) is 0 Å². The molecule has 3 atom stereocenters. The van der Waals surface area contributed by atoms with Crippen LogP contribution in [0.15, 0.2) is 0 Å². The van der Waals surface area contributed by atoms with Crippen molar-refractivity contribution in [3.8, 4) is 0 Å². The summed E-state index contributed by atoms with van der Waals surface area (Å²) in [6.45, 7) is 4.30. The molecular weight excluding hydrogens is 194 g/mol. The van der Waals surface area contributed by atoms with Crippen molar-refractivity contribution < 1.29 is 4.74 Å². The average molecular weight is 215 g/mol. The van der Waals surface area contributed by atoms with Crippen molar-refractivity contribution in [3.63, 3.8) is 0 Å². The molecule has 0 aromatic carbocycles. The minimum Gasteiger partial charge on any atom is -0.377 e. The number of nitrogens with one attached hydrogen (secondary N) is 1. The van der Waals surface area contributed by atoms with Gasteiger partial charge in [-0.05, 0) is 31.9 Å². The van der Waals surface area contributed by atoms with Gasteiger partial charge in [0.2, 0.25) is 0 Å². The lowest BCUT2D eigenvalue weighted by Crippen LogP contribution is -2.39. The number of ether oxygens (including phenoxy) is 1. The predicted molar refractivity (Wildman–Crippen MR) is 61.9 cm³/mol. The van der Waals surface area contributed by atoms with Gasteiger partial charge in [0.05, 0.1) is 6.10 Å². The van der Waals surface area contributed by atoms with Gasteiger partial charge in [0.25, 0.3) is 0 Å². The van der Waals surface area contributed by atoms with E-state index in [0.29, 0.717) is 12.1 Å². The largest absolute Gasteiger partial charge is 0.377 e. The third-order valence-corrected chi connectivity index (χ3v) is 4.66. The van der Waals surface area contributed by atoms with Crippen LogP contribution in [0.3, 0.4) is 0 Å². The Bertz CT molecular complexity index is 171. The maximum atomic E-state index is 5.54. The van der Waals surface area contributed by atoms with E-state index in [1.165, 1.54) is 38.0 Å². The molecule has 3 unspecified atom stereocenters. The molecule has 1 N–H and O–H groups in total. The number of hydrogen-bond donors (Lipinski definition) is 1. The Morgan fingerprint density at radius 1 is 1.36 bits per heavy atom. The van der Waals surface area contributed by atoms with Gasteiger partial charge < -0.3 is 10.1 Å². The zero-order chi connectivity index (χ0) is 9.80. The van der Waals surface area contributed by atoms with Gasteiger partial charge in [0, 0.05) is 24.4 Å². The van der Waals surface area contributed by atoms with E-state index >= 15 is 0 Å². The van der Waals surface area contributed by atoms with Crippen LogP contribution in [0.25, 0.3) is 0 Å². The molecule has 0 radical (unpaired) electrons. The van der Waals surface area contributed by atoms with E-state index in [0.717, 1.165) is 11.9 Å². The third-order valence-electron chi connectivity index (χ3n) is 3.26. The molecule has 3 heteroatoms. The van der Waals surface area contributed by atoms with Gasteiger partial charge in [-0.1, -0.05) is 6.42 Å². The third kappa shape index (κ3) is 2.88. The second-order valence-electron chi connectivity index (χ2n) is 4.37. The highest BCUT2D eigenvalue weighted by molar-refractivity contribution is 7.99. The van der Waals surface area contributed by atoms with Gasteiger partial charge in [-0.2, -0.15) is 11.8 Å². The standard InChI is InChI=1S/C11H21NOS/c1-9-11(5-6-13-9)12-8-10-4-2-3-7-14-10/h9-12H,2-8H2,1H3. The first kappa shape index (κ1) is 10.8. The first-order chi connectivity index (χ1) is 6.86. The topological polar surface area (TPSA) is 21.3 Å². The molecule has 82 valence electrons. The zero-order valence-electron chi connectivity index (χ0n) is 9.00. The monoisotopic (exact) mass is 215 g/mol. The summed E-state index contributed by atoms with van der Waals surface area (Å²) >= 11 is 2.14. The quantitative estimate of drug-likeness (QED) is 0.778. The molecule has 0 aromatic heterocycles. The Morgan fingerprint density at radius 3 is 2.93 bits per heavy atom. The van der Waals surface area contributed by atoms with Crippen molar-refractivity contribution in [2.45, 2.75) is 50.0 Å². The maximum Gasteiger partial charge on any atom is 0.0700 e. The van der Waals surface area contributed by atoms with Crippen molar-refractivity contribution in [2.75, 3.05) is 18.9 Å². The molecule has 0 spiro atoms. The molecule has 2 fully saturated rings. The van der Waals surface area contributed by atoms with Crippen molar-refractivity contribution in [1.82, 2.24) is 5.32 Å². The zero-order valence-corrected chi connectivity index (χ0v) is 9.81. The second-order valence-corrected chi connectivity index (χ2v) is 5.78. The van der Waals surface area contributed by atoms with E-state index in [1.807, 2.05) is 0 Å². The SMILES string of the molecule is CC1OCCC1NCC1CCCCS1. The van der Waals surface area contributed by atoms with Crippen molar-refractivity contribution in [1.29, 1.82) is 0 Å². The van der Waals surface area contributed by atoms with E-state index < -0.39 is 0 Å². The van der Waals surface area contributed by atoms with Crippen LogP contribution in [-0.2, 0) is 4.74 Å². The van der Waals surface area contributed by atoms with Crippen molar-refractivity contribution in [2.24, 2.45) is 0 Å². The van der Waals surface area contributed by atoms with E-state index in [9.17, 15) is 0 Å². The van der Waals surface area contributed by atoms with Crippen LogP contribution in [0.1, 0.15) is 32.6 Å². The van der Waals surface area contributed by atoms with Crippen LogP contribution in [0.4, 0.5) is 0 Å². The molecule has 2 aliphatic rings. The fourth-order valence-corrected chi connectivity index (χ4v) is 3.50. The van der Waals surface area contributed by atoms with Crippen LogP contribution < -0.4 is 5.32 Å². The first-order valence-electron chi connectivity index (χ1n) is 5.83. The van der Waals surface area contributed by atoms with Crippen LogP contribution in [0.2, 0.25) is 0 Å². The normalized spacial score (nSPS) is 38.8. The van der Waals surface area contributed by atoms with Gasteiger partial charge in [-0.3, -0.25) is 0 Å². The molecule has 14 heavy (non-hydrogen) atoms. The maximum absolute atomic E-state index is 5.54. The highest BCUT2D eigenvalue weighted by atomic mass is 32.2. The van der Waals surface area contributed by atoms with Crippen LogP contribution in [-0.4, -0.2) is 36.3 Å². The van der Waals surface area contributed by atoms with Crippen molar-refractivity contribution in [3.05, 3.63) is 0 Å². The summed E-state index contributed by atoms with van der Waals surface area (Å²) in [6, 6.07) is 0.609. The molecule has 0 aliphatic carbocycles. The lowest BCUT2D eigenvalue weighted by molar-refractivity contribution is 0.113.